The molecule has 0 saturated carbocycles. The SMILES string of the molecule is CCC(CO)(Cc1cn2ccsc2n1)c1ccccc1. The fourth-order valence-electron chi connectivity index (χ4n) is 2.69. The number of imidazole rings is 1. The lowest BCUT2D eigenvalue weighted by Crippen LogP contribution is -2.32. The monoisotopic (exact) mass is 286 g/mol. The van der Waals surface area contributed by atoms with Gasteiger partial charge < -0.3 is 5.11 Å². The average molecular weight is 286 g/mol. The molecule has 0 aliphatic rings. The van der Waals surface area contributed by atoms with Gasteiger partial charge in [-0.1, -0.05) is 37.3 Å². The number of aromatic nitrogens is 2. The predicted molar refractivity (Wildman–Crippen MR) is 82.3 cm³/mol. The molecular weight excluding hydrogens is 268 g/mol. The Hall–Kier alpha value is -1.65. The molecule has 4 heteroatoms. The highest BCUT2D eigenvalue weighted by Crippen LogP contribution is 2.31. The molecule has 2 heterocycles. The number of hydrogen-bond acceptors (Lipinski definition) is 3. The molecule has 3 rings (SSSR count). The van der Waals surface area contributed by atoms with Crippen LogP contribution in [0.25, 0.3) is 4.96 Å². The van der Waals surface area contributed by atoms with Gasteiger partial charge in [0.25, 0.3) is 0 Å². The van der Waals surface area contributed by atoms with Gasteiger partial charge in [0, 0.05) is 29.6 Å². The average Bonchev–Trinajstić information content (AvgIpc) is 3.07. The van der Waals surface area contributed by atoms with Crippen LogP contribution in [-0.2, 0) is 11.8 Å². The van der Waals surface area contributed by atoms with Crippen molar-refractivity contribution in [3.8, 4) is 0 Å². The number of benzene rings is 1. The Kier molecular flexibility index (Phi) is 3.59. The van der Waals surface area contributed by atoms with Crippen LogP contribution in [0.2, 0.25) is 0 Å². The van der Waals surface area contributed by atoms with E-state index in [9.17, 15) is 5.11 Å². The normalized spacial score (nSPS) is 14.5. The van der Waals surface area contributed by atoms with Crippen molar-refractivity contribution in [3.05, 3.63) is 59.4 Å². The molecule has 2 aromatic heterocycles. The number of fused-ring (bicyclic) bond motifs is 1. The molecule has 0 saturated heterocycles. The van der Waals surface area contributed by atoms with E-state index in [0.29, 0.717) is 0 Å². The molecule has 1 N–H and O–H groups in total. The Morgan fingerprint density at radius 3 is 2.75 bits per heavy atom. The molecule has 3 nitrogen and oxygen atoms in total. The molecule has 1 atom stereocenters. The molecule has 0 amide bonds. The minimum absolute atomic E-state index is 0.138. The van der Waals surface area contributed by atoms with Gasteiger partial charge in [0.15, 0.2) is 4.96 Å². The van der Waals surface area contributed by atoms with Crippen molar-refractivity contribution in [1.29, 1.82) is 0 Å². The topological polar surface area (TPSA) is 37.5 Å². The lowest BCUT2D eigenvalue weighted by atomic mass is 9.75. The van der Waals surface area contributed by atoms with Gasteiger partial charge in [-0.2, -0.15) is 0 Å². The number of aliphatic hydroxyl groups excluding tert-OH is 1. The summed E-state index contributed by atoms with van der Waals surface area (Å²) in [6, 6.07) is 10.3. The summed E-state index contributed by atoms with van der Waals surface area (Å²) in [6.45, 7) is 2.26. The molecule has 1 unspecified atom stereocenters. The summed E-state index contributed by atoms with van der Waals surface area (Å²) < 4.78 is 2.04. The third kappa shape index (κ3) is 2.25. The Morgan fingerprint density at radius 1 is 1.30 bits per heavy atom. The molecule has 104 valence electrons. The standard InChI is InChI=1S/C16H18N2OS/c1-2-16(12-19,13-6-4-3-5-7-13)10-14-11-18-8-9-20-15(18)17-14/h3-9,11,19H,2,10,12H2,1H3. The van der Waals surface area contributed by atoms with Crippen molar-refractivity contribution in [2.75, 3.05) is 6.61 Å². The number of hydrogen-bond donors (Lipinski definition) is 1. The Balaban J connectivity index is 1.96. The van der Waals surface area contributed by atoms with E-state index in [0.717, 1.165) is 23.5 Å². The molecule has 0 fully saturated rings. The molecule has 1 aromatic carbocycles. The van der Waals surface area contributed by atoms with Gasteiger partial charge >= 0.3 is 0 Å². The van der Waals surface area contributed by atoms with Crippen molar-refractivity contribution in [3.63, 3.8) is 0 Å². The minimum Gasteiger partial charge on any atom is -0.395 e. The van der Waals surface area contributed by atoms with Gasteiger partial charge in [0.1, 0.15) is 0 Å². The van der Waals surface area contributed by atoms with Crippen molar-refractivity contribution < 1.29 is 5.11 Å². The maximum atomic E-state index is 9.98. The first-order valence-electron chi connectivity index (χ1n) is 6.85. The largest absolute Gasteiger partial charge is 0.395 e. The van der Waals surface area contributed by atoms with Crippen LogP contribution in [0.4, 0.5) is 0 Å². The number of thiazole rings is 1. The van der Waals surface area contributed by atoms with Gasteiger partial charge in [-0.25, -0.2) is 4.98 Å². The second-order valence-corrected chi connectivity index (χ2v) is 6.03. The van der Waals surface area contributed by atoms with Crippen LogP contribution in [-0.4, -0.2) is 21.1 Å². The lowest BCUT2D eigenvalue weighted by Gasteiger charge is -2.30. The first-order chi connectivity index (χ1) is 9.77. The summed E-state index contributed by atoms with van der Waals surface area (Å²) >= 11 is 1.63. The van der Waals surface area contributed by atoms with Crippen LogP contribution in [0, 0.1) is 0 Å². The molecule has 3 aromatic rings. The third-order valence-corrected chi connectivity index (χ3v) is 4.80. The van der Waals surface area contributed by atoms with E-state index in [4.69, 9.17) is 0 Å². The molecular formula is C16H18N2OS. The first kappa shape index (κ1) is 13.3. The molecule has 0 aliphatic carbocycles. The number of rotatable bonds is 5. The van der Waals surface area contributed by atoms with Crippen molar-refractivity contribution in [1.82, 2.24) is 9.38 Å². The molecule has 0 aliphatic heterocycles. The summed E-state index contributed by atoms with van der Waals surface area (Å²) in [7, 11) is 0. The van der Waals surface area contributed by atoms with Gasteiger partial charge in [0.05, 0.1) is 12.3 Å². The zero-order chi connectivity index (χ0) is 14.0. The highest BCUT2D eigenvalue weighted by molar-refractivity contribution is 7.15. The fourth-order valence-corrected chi connectivity index (χ4v) is 3.41. The van der Waals surface area contributed by atoms with Crippen LogP contribution in [0.3, 0.4) is 0 Å². The van der Waals surface area contributed by atoms with E-state index in [1.807, 2.05) is 34.2 Å². The Labute approximate surface area is 122 Å². The van der Waals surface area contributed by atoms with Crippen LogP contribution >= 0.6 is 11.3 Å². The highest BCUT2D eigenvalue weighted by Gasteiger charge is 2.30. The molecule has 0 bridgehead atoms. The fraction of sp³-hybridized carbons (Fsp3) is 0.312. The van der Waals surface area contributed by atoms with Gasteiger partial charge in [-0.15, -0.1) is 11.3 Å². The zero-order valence-electron chi connectivity index (χ0n) is 11.5. The van der Waals surface area contributed by atoms with E-state index >= 15 is 0 Å². The summed E-state index contributed by atoms with van der Waals surface area (Å²) in [5, 5.41) is 12.0. The number of nitrogens with zero attached hydrogens (tertiary/aromatic N) is 2. The molecule has 20 heavy (non-hydrogen) atoms. The highest BCUT2D eigenvalue weighted by atomic mass is 32.1. The van der Waals surface area contributed by atoms with E-state index in [1.165, 1.54) is 5.56 Å². The molecule has 0 spiro atoms. The summed E-state index contributed by atoms with van der Waals surface area (Å²) in [5.41, 5.74) is 1.98. The van der Waals surface area contributed by atoms with E-state index in [-0.39, 0.29) is 12.0 Å². The van der Waals surface area contributed by atoms with Gasteiger partial charge in [-0.3, -0.25) is 4.40 Å². The van der Waals surface area contributed by atoms with Crippen LogP contribution in [0.1, 0.15) is 24.6 Å². The van der Waals surface area contributed by atoms with Crippen LogP contribution in [0.15, 0.2) is 48.1 Å². The van der Waals surface area contributed by atoms with E-state index in [1.54, 1.807) is 11.3 Å². The summed E-state index contributed by atoms with van der Waals surface area (Å²) in [4.78, 5) is 5.66. The number of aliphatic hydroxyl groups is 1. The quantitative estimate of drug-likeness (QED) is 0.781. The lowest BCUT2D eigenvalue weighted by molar-refractivity contribution is 0.185. The minimum atomic E-state index is -0.245. The van der Waals surface area contributed by atoms with Crippen molar-refractivity contribution >= 4 is 16.3 Å². The third-order valence-electron chi connectivity index (χ3n) is 4.03. The molecule has 0 radical (unpaired) electrons. The smallest absolute Gasteiger partial charge is 0.193 e. The Morgan fingerprint density at radius 2 is 2.10 bits per heavy atom. The van der Waals surface area contributed by atoms with Crippen LogP contribution < -0.4 is 0 Å². The second-order valence-electron chi connectivity index (χ2n) is 5.16. The maximum Gasteiger partial charge on any atom is 0.193 e. The van der Waals surface area contributed by atoms with Crippen LogP contribution in [0.5, 0.6) is 0 Å². The predicted octanol–water partition coefficient (Wildman–Crippen LogP) is 3.28. The van der Waals surface area contributed by atoms with Crippen molar-refractivity contribution in [2.24, 2.45) is 0 Å². The maximum absolute atomic E-state index is 9.98. The van der Waals surface area contributed by atoms with Gasteiger partial charge in [0.2, 0.25) is 0 Å². The first-order valence-corrected chi connectivity index (χ1v) is 7.73. The van der Waals surface area contributed by atoms with E-state index in [2.05, 4.69) is 30.2 Å². The van der Waals surface area contributed by atoms with Crippen molar-refractivity contribution in [2.45, 2.75) is 25.2 Å². The summed E-state index contributed by atoms with van der Waals surface area (Å²) in [5.74, 6) is 0. The summed E-state index contributed by atoms with van der Waals surface area (Å²) in [6.07, 6.45) is 5.73. The Bertz CT molecular complexity index is 654. The zero-order valence-corrected chi connectivity index (χ0v) is 12.3. The second kappa shape index (κ2) is 5.38. The van der Waals surface area contributed by atoms with E-state index < -0.39 is 0 Å². The van der Waals surface area contributed by atoms with Gasteiger partial charge in [-0.05, 0) is 12.0 Å².